The zero-order valence-corrected chi connectivity index (χ0v) is 16.3. The van der Waals surface area contributed by atoms with E-state index in [1.807, 2.05) is 24.3 Å². The summed E-state index contributed by atoms with van der Waals surface area (Å²) in [5, 5.41) is 14.2. The van der Waals surface area contributed by atoms with Gasteiger partial charge in [0.05, 0.1) is 24.1 Å². The molecule has 0 atom stereocenters. The minimum absolute atomic E-state index is 0.213. The smallest absolute Gasteiger partial charge is 0.273 e. The summed E-state index contributed by atoms with van der Waals surface area (Å²) in [7, 11) is 0. The average molecular weight is 401 g/mol. The summed E-state index contributed by atoms with van der Waals surface area (Å²) < 4.78 is 12.5. The van der Waals surface area contributed by atoms with Crippen molar-refractivity contribution in [3.8, 4) is 22.8 Å². The molecule has 2 aromatic heterocycles. The van der Waals surface area contributed by atoms with E-state index in [4.69, 9.17) is 9.47 Å². The second-order valence-electron chi connectivity index (χ2n) is 7.10. The molecule has 1 aliphatic rings. The molecule has 4 aromatic rings. The van der Waals surface area contributed by atoms with Gasteiger partial charge in [-0.3, -0.25) is 14.6 Å². The Morgan fingerprint density at radius 1 is 1.17 bits per heavy atom. The van der Waals surface area contributed by atoms with Crippen LogP contribution in [0.4, 0.5) is 5.69 Å². The van der Waals surface area contributed by atoms with Gasteiger partial charge in [0.1, 0.15) is 5.69 Å². The monoisotopic (exact) mass is 401 g/mol. The molecular formula is C22H19N5O3. The molecule has 1 amide bonds. The number of carbonyl (C=O) groups is 1. The molecular weight excluding hydrogens is 382 g/mol. The van der Waals surface area contributed by atoms with Gasteiger partial charge in [-0.25, -0.2) is 0 Å². The Hall–Kier alpha value is -4.07. The van der Waals surface area contributed by atoms with Crippen LogP contribution in [0, 0.1) is 6.92 Å². The number of carbonyl (C=O) groups excluding carboxylic acids is 1. The third kappa shape index (κ3) is 3.62. The average Bonchev–Trinajstić information content (AvgIpc) is 3.48. The fraction of sp³-hybridized carbons (Fsp3) is 0.136. The van der Waals surface area contributed by atoms with Crippen LogP contribution < -0.4 is 14.8 Å². The van der Waals surface area contributed by atoms with Crippen molar-refractivity contribution < 1.29 is 14.3 Å². The van der Waals surface area contributed by atoms with Crippen LogP contribution in [0.5, 0.6) is 11.5 Å². The maximum Gasteiger partial charge on any atom is 0.273 e. The van der Waals surface area contributed by atoms with Gasteiger partial charge in [0.2, 0.25) is 6.79 Å². The van der Waals surface area contributed by atoms with E-state index < -0.39 is 0 Å². The standard InChI is InChI=1S/C22H19N5O3/c1-14-3-2-4-15(7-14)11-27-12-17(10-23-27)24-22(28)19-9-18(25-26-19)16-5-6-20-21(8-16)30-13-29-20/h2-10,12H,11,13H2,1H3,(H,24,28)(H,25,26). The highest BCUT2D eigenvalue weighted by Gasteiger charge is 2.17. The van der Waals surface area contributed by atoms with Gasteiger partial charge in [-0.1, -0.05) is 29.8 Å². The number of aromatic amines is 1. The number of hydrogen-bond acceptors (Lipinski definition) is 5. The van der Waals surface area contributed by atoms with Crippen molar-refractivity contribution in [1.82, 2.24) is 20.0 Å². The Morgan fingerprint density at radius 3 is 2.97 bits per heavy atom. The van der Waals surface area contributed by atoms with Crippen LogP contribution in [-0.2, 0) is 6.54 Å². The number of nitrogens with zero attached hydrogens (tertiary/aromatic N) is 3. The molecule has 3 heterocycles. The van der Waals surface area contributed by atoms with Crippen molar-refractivity contribution in [2.45, 2.75) is 13.5 Å². The minimum atomic E-state index is -0.287. The fourth-order valence-electron chi connectivity index (χ4n) is 3.35. The Morgan fingerprint density at radius 2 is 2.07 bits per heavy atom. The van der Waals surface area contributed by atoms with Crippen molar-refractivity contribution in [2.24, 2.45) is 0 Å². The molecule has 1 aliphatic heterocycles. The van der Waals surface area contributed by atoms with E-state index in [1.165, 1.54) is 5.56 Å². The third-order valence-electron chi connectivity index (χ3n) is 4.81. The van der Waals surface area contributed by atoms with E-state index in [9.17, 15) is 4.79 Å². The third-order valence-corrected chi connectivity index (χ3v) is 4.81. The molecule has 0 saturated heterocycles. The van der Waals surface area contributed by atoms with E-state index in [1.54, 1.807) is 23.1 Å². The van der Waals surface area contributed by atoms with E-state index in [0.717, 1.165) is 11.1 Å². The van der Waals surface area contributed by atoms with Gasteiger partial charge < -0.3 is 14.8 Å². The van der Waals surface area contributed by atoms with Crippen LogP contribution in [0.1, 0.15) is 21.6 Å². The van der Waals surface area contributed by atoms with Crippen LogP contribution in [-0.4, -0.2) is 32.7 Å². The van der Waals surface area contributed by atoms with E-state index in [0.29, 0.717) is 35.1 Å². The predicted octanol–water partition coefficient (Wildman–Crippen LogP) is 3.61. The maximum absolute atomic E-state index is 12.6. The first-order chi connectivity index (χ1) is 14.6. The van der Waals surface area contributed by atoms with E-state index in [2.05, 4.69) is 45.7 Å². The van der Waals surface area contributed by atoms with E-state index in [-0.39, 0.29) is 12.7 Å². The SMILES string of the molecule is Cc1cccc(Cn2cc(NC(=O)c3cc(-c4ccc5c(c4)OCO5)n[nH]3)cn2)c1. The Bertz CT molecular complexity index is 1230. The number of amides is 1. The molecule has 0 unspecified atom stereocenters. The summed E-state index contributed by atoms with van der Waals surface area (Å²) in [6.45, 7) is 2.90. The number of anilines is 1. The molecule has 8 heteroatoms. The Labute approximate surface area is 172 Å². The number of ether oxygens (including phenoxy) is 2. The second kappa shape index (κ2) is 7.40. The number of H-pyrrole nitrogens is 1. The largest absolute Gasteiger partial charge is 0.454 e. The molecule has 0 radical (unpaired) electrons. The minimum Gasteiger partial charge on any atom is -0.454 e. The van der Waals surface area contributed by atoms with Crippen LogP contribution in [0.15, 0.2) is 60.9 Å². The number of aromatic nitrogens is 4. The number of aryl methyl sites for hydroxylation is 1. The summed E-state index contributed by atoms with van der Waals surface area (Å²) in [4.78, 5) is 12.6. The number of hydrogen-bond donors (Lipinski definition) is 2. The molecule has 30 heavy (non-hydrogen) atoms. The predicted molar refractivity (Wildman–Crippen MR) is 111 cm³/mol. The number of nitrogens with one attached hydrogen (secondary N) is 2. The summed E-state index contributed by atoms with van der Waals surface area (Å²) in [5.41, 5.74) is 4.80. The number of benzene rings is 2. The highest BCUT2D eigenvalue weighted by molar-refractivity contribution is 6.03. The maximum atomic E-state index is 12.6. The van der Waals surface area contributed by atoms with Gasteiger partial charge in [-0.15, -0.1) is 0 Å². The quantitative estimate of drug-likeness (QED) is 0.533. The second-order valence-corrected chi connectivity index (χ2v) is 7.10. The van der Waals surface area contributed by atoms with Gasteiger partial charge in [0.25, 0.3) is 5.91 Å². The van der Waals surface area contributed by atoms with Crippen molar-refractivity contribution in [1.29, 1.82) is 0 Å². The fourth-order valence-corrected chi connectivity index (χ4v) is 3.35. The van der Waals surface area contributed by atoms with Crippen LogP contribution >= 0.6 is 0 Å². The lowest BCUT2D eigenvalue weighted by atomic mass is 10.1. The first-order valence-electron chi connectivity index (χ1n) is 9.49. The summed E-state index contributed by atoms with van der Waals surface area (Å²) in [6.07, 6.45) is 3.43. The molecule has 150 valence electrons. The van der Waals surface area contributed by atoms with Gasteiger partial charge >= 0.3 is 0 Å². The van der Waals surface area contributed by atoms with Gasteiger partial charge in [-0.05, 0) is 36.8 Å². The summed E-state index contributed by atoms with van der Waals surface area (Å²) in [6, 6.07) is 15.5. The van der Waals surface area contributed by atoms with E-state index >= 15 is 0 Å². The zero-order valence-electron chi connectivity index (χ0n) is 16.3. The lowest BCUT2D eigenvalue weighted by molar-refractivity contribution is 0.102. The van der Waals surface area contributed by atoms with Crippen molar-refractivity contribution in [3.05, 3.63) is 77.7 Å². The van der Waals surface area contributed by atoms with Crippen molar-refractivity contribution >= 4 is 11.6 Å². The van der Waals surface area contributed by atoms with Crippen LogP contribution in [0.2, 0.25) is 0 Å². The molecule has 0 spiro atoms. The summed E-state index contributed by atoms with van der Waals surface area (Å²) >= 11 is 0. The Balaban J connectivity index is 1.27. The van der Waals surface area contributed by atoms with Crippen molar-refractivity contribution in [3.63, 3.8) is 0 Å². The van der Waals surface area contributed by atoms with Crippen LogP contribution in [0.3, 0.4) is 0 Å². The highest BCUT2D eigenvalue weighted by atomic mass is 16.7. The normalized spacial score (nSPS) is 12.2. The Kier molecular flexibility index (Phi) is 4.44. The van der Waals surface area contributed by atoms with Gasteiger partial charge in [0.15, 0.2) is 11.5 Å². The molecule has 8 nitrogen and oxygen atoms in total. The number of rotatable bonds is 5. The summed E-state index contributed by atoms with van der Waals surface area (Å²) in [5.74, 6) is 1.09. The molecule has 2 aromatic carbocycles. The van der Waals surface area contributed by atoms with Crippen LogP contribution in [0.25, 0.3) is 11.3 Å². The lowest BCUT2D eigenvalue weighted by Crippen LogP contribution is -2.11. The first-order valence-corrected chi connectivity index (χ1v) is 9.49. The number of fused-ring (bicyclic) bond motifs is 1. The van der Waals surface area contributed by atoms with Gasteiger partial charge in [-0.2, -0.15) is 10.2 Å². The molecule has 5 rings (SSSR count). The highest BCUT2D eigenvalue weighted by Crippen LogP contribution is 2.35. The molecule has 0 bridgehead atoms. The topological polar surface area (TPSA) is 94.1 Å². The molecule has 0 fully saturated rings. The van der Waals surface area contributed by atoms with Gasteiger partial charge in [0, 0.05) is 11.8 Å². The molecule has 2 N–H and O–H groups in total. The molecule has 0 aliphatic carbocycles. The molecule has 0 saturated carbocycles. The first kappa shape index (κ1) is 18.0. The lowest BCUT2D eigenvalue weighted by Gasteiger charge is -2.03. The van der Waals surface area contributed by atoms with Crippen molar-refractivity contribution in [2.75, 3.05) is 12.1 Å². The zero-order chi connectivity index (χ0) is 20.5.